The van der Waals surface area contributed by atoms with Gasteiger partial charge >= 0.3 is 0 Å². The van der Waals surface area contributed by atoms with Gasteiger partial charge in [-0.1, -0.05) is 140 Å². The summed E-state index contributed by atoms with van der Waals surface area (Å²) in [4.78, 5) is 0. The number of rotatable bonds is 3. The van der Waals surface area contributed by atoms with Gasteiger partial charge in [0.1, 0.15) is 11.2 Å². The molecular weight excluding hydrogens is 520 g/mol. The zero-order valence-corrected chi connectivity index (χ0v) is 23.7. The fourth-order valence-electron chi connectivity index (χ4n) is 7.31. The summed E-state index contributed by atoms with van der Waals surface area (Å²) in [6, 6.07) is 48.2. The molecule has 0 saturated heterocycles. The van der Waals surface area contributed by atoms with Crippen molar-refractivity contribution in [1.82, 2.24) is 0 Å². The summed E-state index contributed by atoms with van der Waals surface area (Å²) in [7, 11) is 0. The first-order valence-electron chi connectivity index (χ1n) is 15.1. The van der Waals surface area contributed by atoms with Crippen molar-refractivity contribution in [1.29, 1.82) is 0 Å². The number of hydrogen-bond donors (Lipinski definition) is 0. The number of benzene rings is 7. The first kappa shape index (κ1) is 24.2. The monoisotopic (exact) mass is 548 g/mol. The van der Waals surface area contributed by atoms with Crippen LogP contribution in [0.15, 0.2) is 144 Å². The first-order valence-corrected chi connectivity index (χ1v) is 15.1. The summed E-state index contributed by atoms with van der Waals surface area (Å²) < 4.78 is 6.59. The normalized spacial score (nSPS) is 12.8. The van der Waals surface area contributed by atoms with E-state index in [1.54, 1.807) is 0 Å². The summed E-state index contributed by atoms with van der Waals surface area (Å²) in [5, 5.41) is 7.44. The van der Waals surface area contributed by atoms with Crippen LogP contribution < -0.4 is 0 Å². The molecule has 7 aromatic carbocycles. The zero-order chi connectivity index (χ0) is 28.3. The third kappa shape index (κ3) is 3.65. The molecule has 0 spiro atoms. The molecule has 0 unspecified atom stereocenters. The molecule has 8 aromatic rings. The van der Waals surface area contributed by atoms with Crippen LogP contribution in [0.2, 0.25) is 0 Å². The van der Waals surface area contributed by atoms with E-state index in [4.69, 9.17) is 4.42 Å². The summed E-state index contributed by atoms with van der Waals surface area (Å²) in [5.41, 5.74) is 12.2. The second kappa shape index (κ2) is 9.58. The average molecular weight is 549 g/mol. The minimum absolute atomic E-state index is 0.935. The highest BCUT2D eigenvalue weighted by Gasteiger charge is 2.25. The molecule has 9 rings (SSSR count). The van der Waals surface area contributed by atoms with Crippen molar-refractivity contribution in [3.8, 4) is 33.4 Å². The Morgan fingerprint density at radius 3 is 1.88 bits per heavy atom. The Labute approximate surface area is 250 Å². The molecule has 0 saturated carbocycles. The lowest BCUT2D eigenvalue weighted by Gasteiger charge is -2.24. The number of allylic oxidation sites excluding steroid dienone is 1. The van der Waals surface area contributed by atoms with Gasteiger partial charge in [-0.25, -0.2) is 0 Å². The van der Waals surface area contributed by atoms with E-state index in [2.05, 4.69) is 146 Å². The van der Waals surface area contributed by atoms with E-state index in [0.29, 0.717) is 0 Å². The second-order valence-electron chi connectivity index (χ2n) is 11.5. The van der Waals surface area contributed by atoms with Gasteiger partial charge in [0.2, 0.25) is 0 Å². The molecule has 1 aliphatic carbocycles. The van der Waals surface area contributed by atoms with Gasteiger partial charge in [-0.2, -0.15) is 0 Å². The molecule has 1 heteroatoms. The minimum Gasteiger partial charge on any atom is -0.455 e. The summed E-state index contributed by atoms with van der Waals surface area (Å²) in [6.45, 7) is 0. The van der Waals surface area contributed by atoms with E-state index in [1.165, 1.54) is 76.8 Å². The second-order valence-corrected chi connectivity index (χ2v) is 11.5. The van der Waals surface area contributed by atoms with Crippen molar-refractivity contribution in [3.63, 3.8) is 0 Å². The van der Waals surface area contributed by atoms with Crippen LogP contribution in [0, 0.1) is 0 Å². The van der Waals surface area contributed by atoms with Crippen LogP contribution in [-0.4, -0.2) is 0 Å². The first-order chi connectivity index (χ1) is 21.4. The zero-order valence-electron chi connectivity index (χ0n) is 23.7. The molecule has 0 aliphatic heterocycles. The highest BCUT2D eigenvalue weighted by molar-refractivity contribution is 6.18. The van der Waals surface area contributed by atoms with Crippen molar-refractivity contribution in [2.75, 3.05) is 0 Å². The minimum atomic E-state index is 0.935. The molecule has 0 radical (unpaired) electrons. The van der Waals surface area contributed by atoms with Crippen LogP contribution in [-0.2, 0) is 6.42 Å². The largest absolute Gasteiger partial charge is 0.455 e. The van der Waals surface area contributed by atoms with Gasteiger partial charge < -0.3 is 4.42 Å². The molecule has 1 heterocycles. The molecule has 0 fully saturated rings. The van der Waals surface area contributed by atoms with Gasteiger partial charge in [-0.15, -0.1) is 0 Å². The molecule has 0 amide bonds. The number of hydrogen-bond acceptors (Lipinski definition) is 1. The van der Waals surface area contributed by atoms with E-state index < -0.39 is 0 Å². The molecule has 0 bridgehead atoms. The molecular formula is C42H28O. The van der Waals surface area contributed by atoms with Crippen LogP contribution in [0.25, 0.3) is 82.9 Å². The van der Waals surface area contributed by atoms with E-state index >= 15 is 0 Å². The quantitative estimate of drug-likeness (QED) is 0.214. The Balaban J connectivity index is 1.39. The van der Waals surface area contributed by atoms with Gasteiger partial charge in [0.05, 0.1) is 0 Å². The molecule has 0 N–H and O–H groups in total. The Bertz CT molecular complexity index is 2390. The van der Waals surface area contributed by atoms with Crippen molar-refractivity contribution >= 4 is 49.6 Å². The van der Waals surface area contributed by atoms with E-state index in [9.17, 15) is 0 Å². The smallest absolute Gasteiger partial charge is 0.143 e. The van der Waals surface area contributed by atoms with Gasteiger partial charge in [-0.05, 0) is 79.4 Å². The predicted molar refractivity (Wildman–Crippen MR) is 182 cm³/mol. The Morgan fingerprint density at radius 2 is 1.07 bits per heavy atom. The lowest BCUT2D eigenvalue weighted by molar-refractivity contribution is 0.670. The SMILES string of the molecule is C1=Cc2c(c(-c3cccc4c3oc3ccccc34)c3ccccc3c2-c2ccc(-c3ccccc3)c3ccccc23)CC1. The van der Waals surface area contributed by atoms with Gasteiger partial charge in [0.25, 0.3) is 0 Å². The van der Waals surface area contributed by atoms with Crippen LogP contribution >= 0.6 is 0 Å². The summed E-state index contributed by atoms with van der Waals surface area (Å²) in [6.07, 6.45) is 6.73. The lowest BCUT2D eigenvalue weighted by atomic mass is 9.79. The van der Waals surface area contributed by atoms with Crippen LogP contribution in [0.4, 0.5) is 0 Å². The Hall–Kier alpha value is -5.40. The third-order valence-corrected chi connectivity index (χ3v) is 9.16. The molecule has 1 nitrogen and oxygen atoms in total. The third-order valence-electron chi connectivity index (χ3n) is 9.16. The Morgan fingerprint density at radius 1 is 0.442 bits per heavy atom. The molecule has 202 valence electrons. The number of furan rings is 1. The summed E-state index contributed by atoms with van der Waals surface area (Å²) in [5.74, 6) is 0. The maximum Gasteiger partial charge on any atom is 0.143 e. The van der Waals surface area contributed by atoms with Crippen molar-refractivity contribution in [2.24, 2.45) is 0 Å². The predicted octanol–water partition coefficient (Wildman–Crippen LogP) is 11.9. The van der Waals surface area contributed by atoms with Gasteiger partial charge in [-0.3, -0.25) is 0 Å². The maximum absolute atomic E-state index is 6.59. The Kier molecular flexibility index (Phi) is 5.39. The standard InChI is InChI=1S/C42H28O/c1-2-13-27(14-3-1)28-25-26-36(30-16-5-4-15-29(28)30)40-32-18-6-8-20-34(32)41(35-21-9-7-19-33(35)40)38-23-12-22-37-31-17-10-11-24-39(31)43-42(37)38/h1-8,10-20,22-26H,9,21H2. The molecule has 1 aliphatic rings. The highest BCUT2D eigenvalue weighted by Crippen LogP contribution is 2.48. The van der Waals surface area contributed by atoms with Crippen LogP contribution in [0.1, 0.15) is 17.5 Å². The van der Waals surface area contributed by atoms with Gasteiger partial charge in [0.15, 0.2) is 0 Å². The fourth-order valence-corrected chi connectivity index (χ4v) is 7.31. The highest BCUT2D eigenvalue weighted by atomic mass is 16.3. The fraction of sp³-hybridized carbons (Fsp3) is 0.0476. The lowest BCUT2D eigenvalue weighted by Crippen LogP contribution is -2.03. The van der Waals surface area contributed by atoms with Crippen molar-refractivity contribution in [2.45, 2.75) is 12.8 Å². The molecule has 43 heavy (non-hydrogen) atoms. The van der Waals surface area contributed by atoms with E-state index in [0.717, 1.165) is 24.0 Å². The molecule has 0 atom stereocenters. The van der Waals surface area contributed by atoms with E-state index in [1.807, 2.05) is 0 Å². The van der Waals surface area contributed by atoms with Crippen LogP contribution in [0.5, 0.6) is 0 Å². The average Bonchev–Trinajstić information content (AvgIpc) is 3.46. The maximum atomic E-state index is 6.59. The number of fused-ring (bicyclic) bond motifs is 6. The molecule has 1 aromatic heterocycles. The van der Waals surface area contributed by atoms with E-state index in [-0.39, 0.29) is 0 Å². The van der Waals surface area contributed by atoms with Crippen LogP contribution in [0.3, 0.4) is 0 Å². The van der Waals surface area contributed by atoms with Crippen molar-refractivity contribution < 1.29 is 4.42 Å². The number of para-hydroxylation sites is 2. The topological polar surface area (TPSA) is 13.1 Å². The summed E-state index contributed by atoms with van der Waals surface area (Å²) >= 11 is 0. The van der Waals surface area contributed by atoms with Gasteiger partial charge in [0, 0.05) is 16.3 Å². The van der Waals surface area contributed by atoms with Crippen molar-refractivity contribution in [3.05, 3.63) is 151 Å².